The van der Waals surface area contributed by atoms with E-state index >= 15 is 0 Å². The molecule has 6 nitrogen and oxygen atoms in total. The number of rotatable bonds is 7. The minimum Gasteiger partial charge on any atom is -0.376 e. The molecule has 0 unspecified atom stereocenters. The van der Waals surface area contributed by atoms with E-state index in [-0.39, 0.29) is 6.10 Å². The van der Waals surface area contributed by atoms with E-state index in [0.29, 0.717) is 6.54 Å². The highest BCUT2D eigenvalue weighted by molar-refractivity contribution is 7.80. The maximum atomic E-state index is 6.07. The fraction of sp³-hybridized carbons (Fsp3) is 0.407. The molecule has 1 saturated heterocycles. The number of nitrogens with one attached hydrogen (secondary N) is 1. The normalized spacial score (nSPS) is 17.4. The maximum absolute atomic E-state index is 6.07. The van der Waals surface area contributed by atoms with Gasteiger partial charge in [0, 0.05) is 38.3 Å². The minimum atomic E-state index is 0.196. The summed E-state index contributed by atoms with van der Waals surface area (Å²) >= 11 is 5.79. The summed E-state index contributed by atoms with van der Waals surface area (Å²) in [5, 5.41) is 8.65. The van der Waals surface area contributed by atoms with Gasteiger partial charge in [0.05, 0.1) is 18.2 Å². The summed E-state index contributed by atoms with van der Waals surface area (Å²) < 4.78 is 12.0. The smallest absolute Gasteiger partial charge is 0.233 e. The second kappa shape index (κ2) is 10.6. The van der Waals surface area contributed by atoms with Crippen molar-refractivity contribution < 1.29 is 9.26 Å². The molecule has 1 atom stereocenters. The quantitative estimate of drug-likeness (QED) is 0.493. The highest BCUT2D eigenvalue weighted by Crippen LogP contribution is 2.35. The van der Waals surface area contributed by atoms with Gasteiger partial charge in [-0.1, -0.05) is 59.8 Å². The van der Waals surface area contributed by atoms with Crippen molar-refractivity contribution in [3.63, 3.8) is 0 Å². The lowest BCUT2D eigenvalue weighted by molar-refractivity contribution is 0.0898. The van der Waals surface area contributed by atoms with Gasteiger partial charge in [-0.15, -0.1) is 0 Å². The van der Waals surface area contributed by atoms with Crippen molar-refractivity contribution in [1.82, 2.24) is 15.4 Å². The largest absolute Gasteiger partial charge is 0.376 e. The SMILES string of the molecule is CCNC(=S)N(Cc1c(-c2ccccc2)noc1N1CCc2ccccc2C1)C[C@H]1CCCO1. The third-order valence-corrected chi connectivity index (χ3v) is 7.05. The van der Waals surface area contributed by atoms with Crippen molar-refractivity contribution >= 4 is 23.2 Å². The molecule has 2 aliphatic rings. The van der Waals surface area contributed by atoms with E-state index in [2.05, 4.69) is 63.6 Å². The second-order valence-electron chi connectivity index (χ2n) is 8.97. The molecule has 0 bridgehead atoms. The van der Waals surface area contributed by atoms with E-state index in [1.54, 1.807) is 0 Å². The molecule has 0 amide bonds. The molecular weight excluding hydrogens is 444 g/mol. The van der Waals surface area contributed by atoms with Gasteiger partial charge in [0.25, 0.3) is 0 Å². The van der Waals surface area contributed by atoms with E-state index in [9.17, 15) is 0 Å². The average molecular weight is 477 g/mol. The van der Waals surface area contributed by atoms with Crippen molar-refractivity contribution in [2.24, 2.45) is 0 Å². The number of hydrogen-bond donors (Lipinski definition) is 1. The molecule has 3 aromatic rings. The summed E-state index contributed by atoms with van der Waals surface area (Å²) in [5.74, 6) is 0.838. The zero-order chi connectivity index (χ0) is 23.3. The Kier molecular flexibility index (Phi) is 7.11. The third-order valence-electron chi connectivity index (χ3n) is 6.64. The molecule has 0 saturated carbocycles. The maximum Gasteiger partial charge on any atom is 0.233 e. The van der Waals surface area contributed by atoms with E-state index in [1.807, 2.05) is 18.2 Å². The van der Waals surface area contributed by atoms with Crippen LogP contribution in [0.15, 0.2) is 59.1 Å². The van der Waals surface area contributed by atoms with Gasteiger partial charge in [-0.2, -0.15) is 0 Å². The molecule has 7 heteroatoms. The Balaban J connectivity index is 1.49. The summed E-state index contributed by atoms with van der Waals surface area (Å²) in [7, 11) is 0. The number of anilines is 1. The molecule has 0 spiro atoms. The Labute approximate surface area is 206 Å². The molecule has 2 aromatic carbocycles. The molecule has 0 aliphatic carbocycles. The molecule has 34 heavy (non-hydrogen) atoms. The van der Waals surface area contributed by atoms with Crippen LogP contribution in [0.2, 0.25) is 0 Å². The Hall–Kier alpha value is -2.90. The Bertz CT molecular complexity index is 1110. The molecular formula is C27H32N4O2S. The first-order valence-corrected chi connectivity index (χ1v) is 12.6. The van der Waals surface area contributed by atoms with E-state index in [0.717, 1.165) is 79.9 Å². The van der Waals surface area contributed by atoms with Crippen LogP contribution in [0.25, 0.3) is 11.3 Å². The summed E-state index contributed by atoms with van der Waals surface area (Å²) in [6, 6.07) is 18.9. The van der Waals surface area contributed by atoms with Crippen molar-refractivity contribution in [2.75, 3.05) is 31.1 Å². The second-order valence-corrected chi connectivity index (χ2v) is 9.36. The molecule has 5 rings (SSSR count). The Morgan fingerprint density at radius 3 is 2.71 bits per heavy atom. The Morgan fingerprint density at radius 2 is 1.94 bits per heavy atom. The number of hydrogen-bond acceptors (Lipinski definition) is 5. The number of ether oxygens (including phenoxy) is 1. The van der Waals surface area contributed by atoms with Gasteiger partial charge in [-0.05, 0) is 49.5 Å². The fourth-order valence-corrected chi connectivity index (χ4v) is 5.17. The highest BCUT2D eigenvalue weighted by Gasteiger charge is 2.29. The van der Waals surface area contributed by atoms with Gasteiger partial charge in [-0.25, -0.2) is 0 Å². The van der Waals surface area contributed by atoms with Crippen molar-refractivity contribution in [3.8, 4) is 11.3 Å². The zero-order valence-electron chi connectivity index (χ0n) is 19.7. The molecule has 1 N–H and O–H groups in total. The van der Waals surface area contributed by atoms with Crippen LogP contribution in [-0.4, -0.2) is 47.5 Å². The topological polar surface area (TPSA) is 53.8 Å². The van der Waals surface area contributed by atoms with Crippen LogP contribution < -0.4 is 10.2 Å². The van der Waals surface area contributed by atoms with Crippen molar-refractivity contribution in [1.29, 1.82) is 0 Å². The minimum absolute atomic E-state index is 0.196. The predicted octanol–water partition coefficient (Wildman–Crippen LogP) is 4.78. The molecule has 2 aliphatic heterocycles. The zero-order valence-corrected chi connectivity index (χ0v) is 20.5. The summed E-state index contributed by atoms with van der Waals surface area (Å²) in [4.78, 5) is 4.53. The molecule has 0 radical (unpaired) electrons. The fourth-order valence-electron chi connectivity index (χ4n) is 4.89. The molecule has 1 fully saturated rings. The van der Waals surface area contributed by atoms with Gasteiger partial charge in [0.15, 0.2) is 5.11 Å². The highest BCUT2D eigenvalue weighted by atomic mass is 32.1. The van der Waals surface area contributed by atoms with Gasteiger partial charge in [0.2, 0.25) is 5.88 Å². The molecule has 178 valence electrons. The van der Waals surface area contributed by atoms with Crippen LogP contribution in [0.5, 0.6) is 0 Å². The molecule has 1 aromatic heterocycles. The number of benzene rings is 2. The first kappa shape index (κ1) is 22.9. The van der Waals surface area contributed by atoms with E-state index in [1.165, 1.54) is 11.1 Å². The van der Waals surface area contributed by atoms with Gasteiger partial charge >= 0.3 is 0 Å². The van der Waals surface area contributed by atoms with Crippen LogP contribution in [0.3, 0.4) is 0 Å². The molecule has 3 heterocycles. The average Bonchev–Trinajstić information content (AvgIpc) is 3.54. The number of thiocarbonyl (C=S) groups is 1. The van der Waals surface area contributed by atoms with Gasteiger partial charge in [-0.3, -0.25) is 0 Å². The van der Waals surface area contributed by atoms with Gasteiger partial charge < -0.3 is 24.4 Å². The first-order valence-electron chi connectivity index (χ1n) is 12.2. The summed E-state index contributed by atoms with van der Waals surface area (Å²) in [6.07, 6.45) is 3.36. The van der Waals surface area contributed by atoms with E-state index < -0.39 is 0 Å². The summed E-state index contributed by atoms with van der Waals surface area (Å²) in [6.45, 7) is 6.77. The van der Waals surface area contributed by atoms with Gasteiger partial charge in [0.1, 0.15) is 5.69 Å². The summed E-state index contributed by atoms with van der Waals surface area (Å²) in [5.41, 5.74) is 5.76. The lowest BCUT2D eigenvalue weighted by Gasteiger charge is -2.31. The lowest BCUT2D eigenvalue weighted by atomic mass is 9.99. The number of nitrogens with zero attached hydrogens (tertiary/aromatic N) is 3. The number of fused-ring (bicyclic) bond motifs is 1. The first-order chi connectivity index (χ1) is 16.7. The standard InChI is InChI=1S/C27H32N4O2S/c1-2-28-27(34)31(18-23-13-8-16-32-23)19-24-25(21-10-4-3-5-11-21)29-33-26(24)30-15-14-20-9-6-7-12-22(20)17-30/h3-7,9-12,23H,2,8,13-19H2,1H3,(H,28,34)/t23-/m1/s1. The monoisotopic (exact) mass is 476 g/mol. The van der Waals surface area contributed by atoms with Crippen LogP contribution in [0, 0.1) is 0 Å². The van der Waals surface area contributed by atoms with Crippen molar-refractivity contribution in [3.05, 3.63) is 71.3 Å². The van der Waals surface area contributed by atoms with Crippen molar-refractivity contribution in [2.45, 2.75) is 45.4 Å². The Morgan fingerprint density at radius 1 is 1.15 bits per heavy atom. The van der Waals surface area contributed by atoms with Crippen LogP contribution in [-0.2, 0) is 24.2 Å². The predicted molar refractivity (Wildman–Crippen MR) is 139 cm³/mol. The van der Waals surface area contributed by atoms with Crippen LogP contribution in [0.4, 0.5) is 5.88 Å². The van der Waals surface area contributed by atoms with Crippen LogP contribution in [0.1, 0.15) is 36.5 Å². The van der Waals surface area contributed by atoms with E-state index in [4.69, 9.17) is 21.5 Å². The number of aromatic nitrogens is 1. The third kappa shape index (κ3) is 4.95. The lowest BCUT2D eigenvalue weighted by Crippen LogP contribution is -2.43. The van der Waals surface area contributed by atoms with Crippen LogP contribution >= 0.6 is 12.2 Å².